The van der Waals surface area contributed by atoms with Crippen molar-refractivity contribution in [1.82, 2.24) is 13.9 Å². The van der Waals surface area contributed by atoms with Crippen LogP contribution in [0.1, 0.15) is 27.2 Å². The second kappa shape index (κ2) is 7.83. The lowest BCUT2D eigenvalue weighted by Crippen LogP contribution is -2.50. The Kier molecular flexibility index (Phi) is 7.10. The maximum Gasteiger partial charge on any atom is 0.282 e. The number of nitrogens with one attached hydrogen (secondary N) is 1. The van der Waals surface area contributed by atoms with Crippen molar-refractivity contribution in [1.29, 1.82) is 0 Å². The Morgan fingerprint density at radius 3 is 2.74 bits per heavy atom. The van der Waals surface area contributed by atoms with Crippen LogP contribution in [0.4, 0.5) is 0 Å². The molecule has 1 aliphatic rings. The first-order valence-electron chi connectivity index (χ1n) is 6.90. The molecule has 1 unspecified atom stereocenters. The second-order valence-electron chi connectivity index (χ2n) is 5.33. The maximum atomic E-state index is 12.4. The van der Waals surface area contributed by atoms with Crippen LogP contribution in [0.5, 0.6) is 0 Å². The molecule has 0 aliphatic carbocycles. The number of hydrogen-bond donors (Lipinski definition) is 1. The van der Waals surface area contributed by atoms with Crippen LogP contribution in [0.3, 0.4) is 0 Å². The van der Waals surface area contributed by atoms with Crippen LogP contribution in [0.15, 0.2) is 0 Å². The zero-order valence-corrected chi connectivity index (χ0v) is 14.1. The minimum absolute atomic E-state index is 0.0972. The van der Waals surface area contributed by atoms with Gasteiger partial charge in [0.2, 0.25) is 0 Å². The zero-order chi connectivity index (χ0) is 14.5. The van der Waals surface area contributed by atoms with Crippen molar-refractivity contribution in [2.45, 2.75) is 39.3 Å². The summed E-state index contributed by atoms with van der Waals surface area (Å²) in [6, 6.07) is 0.543. The molecule has 1 atom stereocenters. The molecule has 0 aromatic rings. The first-order chi connectivity index (χ1) is 8.85. The highest BCUT2D eigenvalue weighted by molar-refractivity contribution is 7.99. The normalized spacial score (nSPS) is 22.3. The summed E-state index contributed by atoms with van der Waals surface area (Å²) >= 11 is 1.82. The highest BCUT2D eigenvalue weighted by atomic mass is 32.2. The summed E-state index contributed by atoms with van der Waals surface area (Å²) < 4.78 is 28.0. The second-order valence-corrected chi connectivity index (χ2v) is 8.46. The van der Waals surface area contributed by atoms with Gasteiger partial charge in [0.05, 0.1) is 0 Å². The summed E-state index contributed by atoms with van der Waals surface area (Å²) in [6.07, 6.45) is 0.838. The Morgan fingerprint density at radius 2 is 2.16 bits per heavy atom. The van der Waals surface area contributed by atoms with Crippen LogP contribution in [-0.4, -0.2) is 67.3 Å². The van der Waals surface area contributed by atoms with Gasteiger partial charge in [-0.3, -0.25) is 0 Å². The molecule has 7 heteroatoms. The van der Waals surface area contributed by atoms with Gasteiger partial charge in [0.25, 0.3) is 10.2 Å². The topological polar surface area (TPSA) is 52.7 Å². The molecular weight excluding hydrogens is 282 g/mol. The average molecular weight is 310 g/mol. The third-order valence-electron chi connectivity index (χ3n) is 3.20. The minimum Gasteiger partial charge on any atom is -0.314 e. The SMILES string of the molecule is CC(C)NCCCN(C)S(=O)(=O)N1CCSCC1C. The third-order valence-corrected chi connectivity index (χ3v) is 6.49. The molecule has 0 spiro atoms. The van der Waals surface area contributed by atoms with Crippen molar-refractivity contribution < 1.29 is 8.42 Å². The molecule has 0 radical (unpaired) electrons. The maximum absolute atomic E-state index is 12.4. The molecule has 1 rings (SSSR count). The minimum atomic E-state index is -3.29. The lowest BCUT2D eigenvalue weighted by Gasteiger charge is -2.34. The van der Waals surface area contributed by atoms with Gasteiger partial charge in [0.1, 0.15) is 0 Å². The van der Waals surface area contributed by atoms with Crippen LogP contribution >= 0.6 is 11.8 Å². The predicted molar refractivity (Wildman–Crippen MR) is 82.8 cm³/mol. The summed E-state index contributed by atoms with van der Waals surface area (Å²) in [7, 11) is -1.61. The van der Waals surface area contributed by atoms with Gasteiger partial charge in [-0.25, -0.2) is 0 Å². The first-order valence-corrected chi connectivity index (χ1v) is 9.45. The summed E-state index contributed by atoms with van der Waals surface area (Å²) in [5, 5.41) is 3.30. The first kappa shape index (κ1) is 17.2. The molecule has 1 aliphatic heterocycles. The monoisotopic (exact) mass is 309 g/mol. The number of rotatable bonds is 7. The van der Waals surface area contributed by atoms with Gasteiger partial charge >= 0.3 is 0 Å². The van der Waals surface area contributed by atoms with Crippen LogP contribution in [0, 0.1) is 0 Å². The van der Waals surface area contributed by atoms with Crippen LogP contribution < -0.4 is 5.32 Å². The smallest absolute Gasteiger partial charge is 0.282 e. The summed E-state index contributed by atoms with van der Waals surface area (Å²) in [5.74, 6) is 1.79. The Labute approximate surface area is 122 Å². The number of nitrogens with zero attached hydrogens (tertiary/aromatic N) is 2. The van der Waals surface area contributed by atoms with Gasteiger partial charge in [-0.05, 0) is 19.9 Å². The fourth-order valence-electron chi connectivity index (χ4n) is 2.04. The van der Waals surface area contributed by atoms with Gasteiger partial charge in [0, 0.05) is 43.7 Å². The van der Waals surface area contributed by atoms with E-state index in [2.05, 4.69) is 19.2 Å². The largest absolute Gasteiger partial charge is 0.314 e. The Hall–Kier alpha value is 0.180. The van der Waals surface area contributed by atoms with Crippen molar-refractivity contribution >= 4 is 22.0 Å². The van der Waals surface area contributed by atoms with Gasteiger partial charge < -0.3 is 5.32 Å². The van der Waals surface area contributed by atoms with Gasteiger partial charge in [-0.15, -0.1) is 0 Å². The number of thioether (sulfide) groups is 1. The third kappa shape index (κ3) is 5.23. The Balaban J connectivity index is 2.46. The van der Waals surface area contributed by atoms with E-state index in [1.165, 1.54) is 4.31 Å². The Bertz CT molecular complexity index is 360. The molecule has 0 bridgehead atoms. The van der Waals surface area contributed by atoms with Crippen molar-refractivity contribution in [3.63, 3.8) is 0 Å². The molecule has 114 valence electrons. The van der Waals surface area contributed by atoms with E-state index in [4.69, 9.17) is 0 Å². The van der Waals surface area contributed by atoms with Crippen LogP contribution in [0.2, 0.25) is 0 Å². The van der Waals surface area contributed by atoms with E-state index in [0.29, 0.717) is 19.1 Å². The van der Waals surface area contributed by atoms with Gasteiger partial charge in [0.15, 0.2) is 0 Å². The molecule has 1 heterocycles. The van der Waals surface area contributed by atoms with Crippen LogP contribution in [-0.2, 0) is 10.2 Å². The van der Waals surface area contributed by atoms with E-state index in [1.54, 1.807) is 11.4 Å². The quantitative estimate of drug-likeness (QED) is 0.713. The van der Waals surface area contributed by atoms with Crippen molar-refractivity contribution in [3.05, 3.63) is 0 Å². The fraction of sp³-hybridized carbons (Fsp3) is 1.00. The molecule has 0 saturated carbocycles. The van der Waals surface area contributed by atoms with E-state index < -0.39 is 10.2 Å². The van der Waals surface area contributed by atoms with E-state index in [0.717, 1.165) is 24.5 Å². The van der Waals surface area contributed by atoms with E-state index in [9.17, 15) is 8.42 Å². The molecular formula is C12H27N3O2S2. The summed E-state index contributed by atoms with van der Waals surface area (Å²) in [6.45, 7) is 8.21. The van der Waals surface area contributed by atoms with E-state index in [-0.39, 0.29) is 6.04 Å². The summed E-state index contributed by atoms with van der Waals surface area (Å²) in [5.41, 5.74) is 0. The molecule has 0 aromatic heterocycles. The standard InChI is InChI=1S/C12H27N3O2S2/c1-11(2)13-6-5-7-14(4)19(16,17)15-8-9-18-10-12(15)3/h11-13H,5-10H2,1-4H3. The molecule has 1 saturated heterocycles. The van der Waals surface area contributed by atoms with Crippen LogP contribution in [0.25, 0.3) is 0 Å². The molecule has 1 fully saturated rings. The lowest BCUT2D eigenvalue weighted by atomic mass is 10.3. The molecule has 0 amide bonds. The highest BCUT2D eigenvalue weighted by Gasteiger charge is 2.32. The molecule has 5 nitrogen and oxygen atoms in total. The van der Waals surface area contributed by atoms with Crippen molar-refractivity contribution in [2.75, 3.05) is 38.2 Å². The molecule has 0 aromatic carbocycles. The fourth-order valence-corrected chi connectivity index (χ4v) is 4.83. The van der Waals surface area contributed by atoms with E-state index in [1.807, 2.05) is 18.7 Å². The highest BCUT2D eigenvalue weighted by Crippen LogP contribution is 2.20. The van der Waals surface area contributed by atoms with Gasteiger partial charge in [-0.1, -0.05) is 13.8 Å². The predicted octanol–water partition coefficient (Wildman–Crippen LogP) is 0.988. The average Bonchev–Trinajstić information content (AvgIpc) is 2.34. The molecule has 1 N–H and O–H groups in total. The summed E-state index contributed by atoms with van der Waals surface area (Å²) in [4.78, 5) is 0. The Morgan fingerprint density at radius 1 is 1.47 bits per heavy atom. The van der Waals surface area contributed by atoms with Crippen molar-refractivity contribution in [2.24, 2.45) is 0 Å². The van der Waals surface area contributed by atoms with E-state index >= 15 is 0 Å². The molecule has 19 heavy (non-hydrogen) atoms. The van der Waals surface area contributed by atoms with Crippen molar-refractivity contribution in [3.8, 4) is 0 Å². The van der Waals surface area contributed by atoms with Gasteiger partial charge in [-0.2, -0.15) is 28.8 Å². The lowest BCUT2D eigenvalue weighted by molar-refractivity contribution is 0.325. The zero-order valence-electron chi connectivity index (χ0n) is 12.4. The number of hydrogen-bond acceptors (Lipinski definition) is 4.